The van der Waals surface area contributed by atoms with E-state index >= 15 is 0 Å². The molecule has 1 fully saturated rings. The first-order valence-electron chi connectivity index (χ1n) is 6.51. The second kappa shape index (κ2) is 4.65. The van der Waals surface area contributed by atoms with Crippen LogP contribution in [0, 0.1) is 5.92 Å². The number of nitrogen functional groups attached to an aromatic ring is 1. The van der Waals surface area contributed by atoms with Crippen LogP contribution in [-0.2, 0) is 0 Å². The largest absolute Gasteiger partial charge is 0.396 e. The maximum atomic E-state index is 9.28. The lowest BCUT2D eigenvalue weighted by Crippen LogP contribution is -2.11. The summed E-state index contributed by atoms with van der Waals surface area (Å²) in [6.07, 6.45) is 4.47. The van der Waals surface area contributed by atoms with Crippen LogP contribution >= 0.6 is 0 Å². The maximum Gasteiger partial charge on any atom is 0.205 e. The lowest BCUT2D eigenvalue weighted by atomic mass is 10.1. The molecule has 2 aromatic rings. The molecule has 3 rings (SSSR count). The number of aromatic nitrogens is 4. The second-order valence-corrected chi connectivity index (χ2v) is 5.00. The van der Waals surface area contributed by atoms with Gasteiger partial charge in [-0.2, -0.15) is 0 Å². The minimum absolute atomic E-state index is 0.245. The van der Waals surface area contributed by atoms with Gasteiger partial charge in [-0.3, -0.25) is 4.57 Å². The standard InChI is InChI=1S/C12H18N6O/c1-14-12-17-9-10(13)15-6-16-11(9)18(12)8-3-2-7(4-8)5-19/h6-8,19H,2-5H2,1H3,(H,14,17)(H2,13,15,16)/t7-,8+/m1/s1. The monoisotopic (exact) mass is 262 g/mol. The van der Waals surface area contributed by atoms with Crippen LogP contribution in [0.5, 0.6) is 0 Å². The van der Waals surface area contributed by atoms with Gasteiger partial charge in [0.15, 0.2) is 17.0 Å². The van der Waals surface area contributed by atoms with Crippen LogP contribution in [0.2, 0.25) is 0 Å². The normalized spacial score (nSPS) is 23.1. The predicted molar refractivity (Wildman–Crippen MR) is 72.7 cm³/mol. The van der Waals surface area contributed by atoms with Crippen molar-refractivity contribution in [2.75, 3.05) is 24.7 Å². The van der Waals surface area contributed by atoms with Crippen molar-refractivity contribution in [1.29, 1.82) is 0 Å². The van der Waals surface area contributed by atoms with Gasteiger partial charge >= 0.3 is 0 Å². The molecule has 19 heavy (non-hydrogen) atoms. The van der Waals surface area contributed by atoms with Gasteiger partial charge in [0, 0.05) is 19.7 Å². The van der Waals surface area contributed by atoms with Crippen LogP contribution < -0.4 is 11.1 Å². The van der Waals surface area contributed by atoms with E-state index in [-0.39, 0.29) is 6.61 Å². The first-order chi connectivity index (χ1) is 9.24. The van der Waals surface area contributed by atoms with Gasteiger partial charge in [0.05, 0.1) is 0 Å². The van der Waals surface area contributed by atoms with Crippen molar-refractivity contribution in [2.45, 2.75) is 25.3 Å². The number of anilines is 2. The van der Waals surface area contributed by atoms with Crippen molar-refractivity contribution in [2.24, 2.45) is 5.92 Å². The fourth-order valence-corrected chi connectivity index (χ4v) is 2.90. The topological polar surface area (TPSA) is 102 Å². The number of rotatable bonds is 3. The van der Waals surface area contributed by atoms with E-state index in [1.807, 2.05) is 7.05 Å². The summed E-state index contributed by atoms with van der Waals surface area (Å²) in [5.74, 6) is 1.52. The summed E-state index contributed by atoms with van der Waals surface area (Å²) in [6.45, 7) is 0.245. The Hall–Kier alpha value is -1.89. The molecule has 0 aromatic carbocycles. The van der Waals surface area contributed by atoms with Gasteiger partial charge in [0.2, 0.25) is 5.95 Å². The molecule has 0 spiro atoms. The molecule has 1 aliphatic carbocycles. The third-order valence-corrected chi connectivity index (χ3v) is 3.87. The predicted octanol–water partition coefficient (Wildman–Crippen LogP) is 0.784. The number of nitrogens with one attached hydrogen (secondary N) is 1. The van der Waals surface area contributed by atoms with Gasteiger partial charge in [-0.15, -0.1) is 0 Å². The van der Waals surface area contributed by atoms with E-state index < -0.39 is 0 Å². The van der Waals surface area contributed by atoms with Gasteiger partial charge < -0.3 is 16.2 Å². The SMILES string of the molecule is CNc1nc2c(N)ncnc2n1[C@H]1CC[C@@H](CO)C1. The van der Waals surface area contributed by atoms with Crippen molar-refractivity contribution >= 4 is 22.9 Å². The quantitative estimate of drug-likeness (QED) is 0.755. The smallest absolute Gasteiger partial charge is 0.205 e. The van der Waals surface area contributed by atoms with Crippen LogP contribution in [0.15, 0.2) is 6.33 Å². The number of hydrogen-bond donors (Lipinski definition) is 3. The van der Waals surface area contributed by atoms with Crippen LogP contribution in [0.1, 0.15) is 25.3 Å². The molecule has 2 atom stereocenters. The zero-order valence-electron chi connectivity index (χ0n) is 10.9. The summed E-state index contributed by atoms with van der Waals surface area (Å²) in [6, 6.07) is 0.305. The van der Waals surface area contributed by atoms with Crippen molar-refractivity contribution in [3.63, 3.8) is 0 Å². The third-order valence-electron chi connectivity index (χ3n) is 3.87. The highest BCUT2D eigenvalue weighted by atomic mass is 16.3. The highest BCUT2D eigenvalue weighted by Crippen LogP contribution is 2.38. The first kappa shape index (κ1) is 12.2. The Morgan fingerprint density at radius 1 is 1.47 bits per heavy atom. The van der Waals surface area contributed by atoms with Gasteiger partial charge in [-0.25, -0.2) is 15.0 Å². The fraction of sp³-hybridized carbons (Fsp3) is 0.583. The molecule has 4 N–H and O–H groups in total. The molecule has 0 saturated heterocycles. The van der Waals surface area contributed by atoms with Gasteiger partial charge in [-0.1, -0.05) is 0 Å². The summed E-state index contributed by atoms with van der Waals surface area (Å²) in [4.78, 5) is 12.8. The highest BCUT2D eigenvalue weighted by Gasteiger charge is 2.29. The van der Waals surface area contributed by atoms with E-state index in [0.717, 1.165) is 30.9 Å². The van der Waals surface area contributed by atoms with E-state index in [2.05, 4.69) is 24.8 Å². The lowest BCUT2D eigenvalue weighted by Gasteiger charge is -2.15. The zero-order chi connectivity index (χ0) is 13.4. The fourth-order valence-electron chi connectivity index (χ4n) is 2.90. The Morgan fingerprint density at radius 3 is 3.00 bits per heavy atom. The molecule has 0 unspecified atom stereocenters. The van der Waals surface area contributed by atoms with Crippen LogP contribution in [0.3, 0.4) is 0 Å². The van der Waals surface area contributed by atoms with E-state index in [1.165, 1.54) is 6.33 Å². The lowest BCUT2D eigenvalue weighted by molar-refractivity contribution is 0.226. The minimum atomic E-state index is 0.245. The molecule has 7 nitrogen and oxygen atoms in total. The number of nitrogens with zero attached hydrogens (tertiary/aromatic N) is 4. The molecule has 0 radical (unpaired) electrons. The molecule has 0 bridgehead atoms. The maximum absolute atomic E-state index is 9.28. The average molecular weight is 262 g/mol. The van der Waals surface area contributed by atoms with Crippen LogP contribution in [0.25, 0.3) is 11.2 Å². The molecule has 0 aliphatic heterocycles. The Kier molecular flexibility index (Phi) is 2.98. The van der Waals surface area contributed by atoms with Gasteiger partial charge in [0.1, 0.15) is 6.33 Å². The molecule has 1 aliphatic rings. The molecular formula is C12H18N6O. The van der Waals surface area contributed by atoms with Crippen molar-refractivity contribution < 1.29 is 5.11 Å². The summed E-state index contributed by atoms with van der Waals surface area (Å²) >= 11 is 0. The highest BCUT2D eigenvalue weighted by molar-refractivity contribution is 5.84. The van der Waals surface area contributed by atoms with E-state index in [9.17, 15) is 5.11 Å². The number of aliphatic hydroxyl groups excluding tert-OH is 1. The Morgan fingerprint density at radius 2 is 2.32 bits per heavy atom. The Bertz CT molecular complexity index is 595. The van der Waals surface area contributed by atoms with Crippen LogP contribution in [-0.4, -0.2) is 38.3 Å². The number of hydrogen-bond acceptors (Lipinski definition) is 6. The van der Waals surface area contributed by atoms with Gasteiger partial charge in [-0.05, 0) is 25.2 Å². The van der Waals surface area contributed by atoms with Crippen molar-refractivity contribution in [3.05, 3.63) is 6.33 Å². The van der Waals surface area contributed by atoms with Gasteiger partial charge in [0.25, 0.3) is 0 Å². The summed E-state index contributed by atoms with van der Waals surface area (Å²) in [5.41, 5.74) is 7.25. The van der Waals surface area contributed by atoms with Crippen molar-refractivity contribution in [1.82, 2.24) is 19.5 Å². The number of imidazole rings is 1. The molecule has 2 heterocycles. The third kappa shape index (κ3) is 1.90. The average Bonchev–Trinajstić information content (AvgIpc) is 3.02. The summed E-state index contributed by atoms with van der Waals surface area (Å²) in [5, 5.41) is 12.4. The Balaban J connectivity index is 2.09. The molecule has 102 valence electrons. The minimum Gasteiger partial charge on any atom is -0.396 e. The molecule has 0 amide bonds. The molecule has 2 aromatic heterocycles. The molecular weight excluding hydrogens is 244 g/mol. The second-order valence-electron chi connectivity index (χ2n) is 5.00. The molecule has 1 saturated carbocycles. The van der Waals surface area contributed by atoms with E-state index in [0.29, 0.717) is 23.3 Å². The zero-order valence-corrected chi connectivity index (χ0v) is 10.9. The summed E-state index contributed by atoms with van der Waals surface area (Å²) < 4.78 is 2.09. The van der Waals surface area contributed by atoms with Crippen LogP contribution in [0.4, 0.5) is 11.8 Å². The van der Waals surface area contributed by atoms with E-state index in [1.54, 1.807) is 0 Å². The first-order valence-corrected chi connectivity index (χ1v) is 6.51. The van der Waals surface area contributed by atoms with E-state index in [4.69, 9.17) is 5.73 Å². The number of aliphatic hydroxyl groups is 1. The molecule has 7 heteroatoms. The summed E-state index contributed by atoms with van der Waals surface area (Å²) in [7, 11) is 1.83. The van der Waals surface area contributed by atoms with Crippen molar-refractivity contribution in [3.8, 4) is 0 Å². The number of nitrogens with two attached hydrogens (primary N) is 1. The number of fused-ring (bicyclic) bond motifs is 1. The Labute approximate surface area is 110 Å².